The van der Waals surface area contributed by atoms with Gasteiger partial charge in [-0.3, -0.25) is 4.90 Å². The highest BCUT2D eigenvalue weighted by atomic mass is 35.5. The van der Waals surface area contributed by atoms with Gasteiger partial charge in [-0.15, -0.1) is 0 Å². The quantitative estimate of drug-likeness (QED) is 0.843. The molecule has 1 aromatic heterocycles. The maximum absolute atomic E-state index is 6.21. The maximum Gasteiger partial charge on any atom is 0.135 e. The summed E-state index contributed by atoms with van der Waals surface area (Å²) in [6, 6.07) is 2.12. The number of aromatic nitrogens is 1. The summed E-state index contributed by atoms with van der Waals surface area (Å²) in [5.74, 6) is 0. The second-order valence-corrected chi connectivity index (χ2v) is 5.42. The summed E-state index contributed by atoms with van der Waals surface area (Å²) in [6.45, 7) is 4.58. The van der Waals surface area contributed by atoms with Gasteiger partial charge in [0.25, 0.3) is 0 Å². The van der Waals surface area contributed by atoms with Crippen LogP contribution < -0.4 is 5.73 Å². The second kappa shape index (κ2) is 5.53. The predicted molar refractivity (Wildman–Crippen MR) is 71.5 cm³/mol. The summed E-state index contributed by atoms with van der Waals surface area (Å²) < 4.78 is 0. The Kier molecular flexibility index (Phi) is 4.26. The molecule has 2 heterocycles. The molecule has 5 heteroatoms. The van der Waals surface area contributed by atoms with Crippen molar-refractivity contribution in [1.82, 2.24) is 9.88 Å². The number of nitrogens with zero attached hydrogens (tertiary/aromatic N) is 2. The van der Waals surface area contributed by atoms with Gasteiger partial charge in [0, 0.05) is 35.4 Å². The maximum atomic E-state index is 6.21. The molecule has 0 aromatic carbocycles. The van der Waals surface area contributed by atoms with E-state index < -0.39 is 0 Å². The second-order valence-electron chi connectivity index (χ2n) is 4.65. The SMILES string of the molecule is Cc1cc(Cl)c(CN2CCCC(N)C2)c(Cl)n1. The van der Waals surface area contributed by atoms with Crippen molar-refractivity contribution >= 4 is 23.2 Å². The first-order chi connectivity index (χ1) is 8.06. The molecule has 3 nitrogen and oxygen atoms in total. The molecule has 0 spiro atoms. The van der Waals surface area contributed by atoms with Crippen molar-refractivity contribution in [3.63, 3.8) is 0 Å². The fourth-order valence-electron chi connectivity index (χ4n) is 2.22. The monoisotopic (exact) mass is 273 g/mol. The number of pyridine rings is 1. The molecule has 2 rings (SSSR count). The Hall–Kier alpha value is -0.350. The van der Waals surface area contributed by atoms with Crippen LogP contribution in [0.1, 0.15) is 24.1 Å². The molecule has 1 atom stereocenters. The normalized spacial score (nSPS) is 21.8. The highest BCUT2D eigenvalue weighted by Crippen LogP contribution is 2.26. The highest BCUT2D eigenvalue weighted by Gasteiger charge is 2.19. The van der Waals surface area contributed by atoms with Crippen LogP contribution in [0.25, 0.3) is 0 Å². The molecule has 1 aliphatic heterocycles. The van der Waals surface area contributed by atoms with Crippen LogP contribution >= 0.6 is 23.2 Å². The van der Waals surface area contributed by atoms with Gasteiger partial charge >= 0.3 is 0 Å². The lowest BCUT2D eigenvalue weighted by Gasteiger charge is -2.31. The molecule has 2 N–H and O–H groups in total. The Labute approximate surface area is 112 Å². The fraction of sp³-hybridized carbons (Fsp3) is 0.583. The standard InChI is InChI=1S/C12H17Cl2N3/c1-8-5-11(13)10(12(14)16-8)7-17-4-2-3-9(15)6-17/h5,9H,2-4,6-7,15H2,1H3. The largest absolute Gasteiger partial charge is 0.327 e. The molecular weight excluding hydrogens is 257 g/mol. The van der Waals surface area contributed by atoms with E-state index in [2.05, 4.69) is 9.88 Å². The van der Waals surface area contributed by atoms with Crippen molar-refractivity contribution in [2.45, 2.75) is 32.4 Å². The number of halogens is 2. The van der Waals surface area contributed by atoms with Gasteiger partial charge in [0.05, 0.1) is 0 Å². The Morgan fingerprint density at radius 3 is 2.94 bits per heavy atom. The number of aryl methyl sites for hydroxylation is 1. The number of hydrogen-bond acceptors (Lipinski definition) is 3. The minimum atomic E-state index is 0.264. The van der Waals surface area contributed by atoms with E-state index in [-0.39, 0.29) is 6.04 Å². The van der Waals surface area contributed by atoms with Gasteiger partial charge in [-0.05, 0) is 32.4 Å². The van der Waals surface area contributed by atoms with E-state index in [1.165, 1.54) is 0 Å². The lowest BCUT2D eigenvalue weighted by atomic mass is 10.1. The van der Waals surface area contributed by atoms with Crippen molar-refractivity contribution in [3.05, 3.63) is 27.5 Å². The Morgan fingerprint density at radius 2 is 2.29 bits per heavy atom. The van der Waals surface area contributed by atoms with Gasteiger partial charge < -0.3 is 5.73 Å². The first-order valence-electron chi connectivity index (χ1n) is 5.85. The van der Waals surface area contributed by atoms with Crippen LogP contribution in [-0.4, -0.2) is 29.0 Å². The van der Waals surface area contributed by atoms with E-state index in [1.54, 1.807) is 0 Å². The minimum absolute atomic E-state index is 0.264. The summed E-state index contributed by atoms with van der Waals surface area (Å²) in [7, 11) is 0. The summed E-state index contributed by atoms with van der Waals surface area (Å²) >= 11 is 12.3. The lowest BCUT2D eigenvalue weighted by Crippen LogP contribution is -2.42. The average Bonchev–Trinajstić information content (AvgIpc) is 2.23. The van der Waals surface area contributed by atoms with E-state index in [0.29, 0.717) is 10.2 Å². The molecule has 0 aliphatic carbocycles. The zero-order valence-electron chi connectivity index (χ0n) is 9.92. The van der Waals surface area contributed by atoms with Crippen LogP contribution in [-0.2, 0) is 6.54 Å². The van der Waals surface area contributed by atoms with Gasteiger partial charge in [0.15, 0.2) is 0 Å². The predicted octanol–water partition coefficient (Wildman–Crippen LogP) is 2.62. The summed E-state index contributed by atoms with van der Waals surface area (Å²) in [5, 5.41) is 1.20. The van der Waals surface area contributed by atoms with E-state index in [9.17, 15) is 0 Å². The van der Waals surface area contributed by atoms with Crippen molar-refractivity contribution in [1.29, 1.82) is 0 Å². The van der Waals surface area contributed by atoms with Gasteiger partial charge in [0.1, 0.15) is 5.15 Å². The Morgan fingerprint density at radius 1 is 1.53 bits per heavy atom. The highest BCUT2D eigenvalue weighted by molar-refractivity contribution is 6.35. The number of hydrogen-bond donors (Lipinski definition) is 1. The van der Waals surface area contributed by atoms with Crippen LogP contribution in [0.15, 0.2) is 6.07 Å². The third kappa shape index (κ3) is 3.32. The van der Waals surface area contributed by atoms with E-state index >= 15 is 0 Å². The molecule has 1 aliphatic rings. The van der Waals surface area contributed by atoms with Crippen LogP contribution in [0.5, 0.6) is 0 Å². The summed E-state index contributed by atoms with van der Waals surface area (Å²) in [4.78, 5) is 6.53. The molecule has 1 unspecified atom stereocenters. The third-order valence-corrected chi connectivity index (χ3v) is 3.72. The van der Waals surface area contributed by atoms with Crippen LogP contribution in [0.4, 0.5) is 0 Å². The van der Waals surface area contributed by atoms with Crippen molar-refractivity contribution in [2.24, 2.45) is 5.73 Å². The van der Waals surface area contributed by atoms with Crippen LogP contribution in [0.2, 0.25) is 10.2 Å². The van der Waals surface area contributed by atoms with Crippen LogP contribution in [0.3, 0.4) is 0 Å². The van der Waals surface area contributed by atoms with E-state index in [4.69, 9.17) is 28.9 Å². The minimum Gasteiger partial charge on any atom is -0.327 e. The molecule has 1 saturated heterocycles. The average molecular weight is 274 g/mol. The smallest absolute Gasteiger partial charge is 0.135 e. The van der Waals surface area contributed by atoms with Gasteiger partial charge in [-0.25, -0.2) is 4.98 Å². The number of piperidine rings is 1. The first-order valence-corrected chi connectivity index (χ1v) is 6.61. The molecule has 1 fully saturated rings. The topological polar surface area (TPSA) is 42.1 Å². The van der Waals surface area contributed by atoms with Gasteiger partial charge in [0.2, 0.25) is 0 Å². The number of rotatable bonds is 2. The molecule has 0 amide bonds. The van der Waals surface area contributed by atoms with Gasteiger partial charge in [-0.2, -0.15) is 0 Å². The molecular formula is C12H17Cl2N3. The molecule has 94 valence electrons. The van der Waals surface area contributed by atoms with Crippen molar-refractivity contribution in [3.8, 4) is 0 Å². The molecule has 0 radical (unpaired) electrons. The summed E-state index contributed by atoms with van der Waals surface area (Å²) in [6.07, 6.45) is 2.24. The van der Waals surface area contributed by atoms with Gasteiger partial charge in [-0.1, -0.05) is 23.2 Å². The zero-order chi connectivity index (χ0) is 12.4. The zero-order valence-corrected chi connectivity index (χ0v) is 11.4. The summed E-state index contributed by atoms with van der Waals surface area (Å²) in [5.41, 5.74) is 7.71. The van der Waals surface area contributed by atoms with Crippen molar-refractivity contribution < 1.29 is 0 Å². The Balaban J connectivity index is 2.12. The number of nitrogens with two attached hydrogens (primary N) is 1. The van der Waals surface area contributed by atoms with Crippen LogP contribution in [0, 0.1) is 6.92 Å². The number of likely N-dealkylation sites (tertiary alicyclic amines) is 1. The van der Waals surface area contributed by atoms with E-state index in [1.807, 2.05) is 13.0 Å². The third-order valence-electron chi connectivity index (χ3n) is 3.07. The van der Waals surface area contributed by atoms with E-state index in [0.717, 1.165) is 43.7 Å². The fourth-order valence-corrected chi connectivity index (χ4v) is 2.87. The lowest BCUT2D eigenvalue weighted by molar-refractivity contribution is 0.201. The molecule has 17 heavy (non-hydrogen) atoms. The Bertz CT molecular complexity index is 386. The first kappa shape index (κ1) is 13.1. The molecule has 0 bridgehead atoms. The molecule has 1 aromatic rings. The van der Waals surface area contributed by atoms with Crippen molar-refractivity contribution in [2.75, 3.05) is 13.1 Å². The molecule has 0 saturated carbocycles.